The maximum atomic E-state index is 15.6. The predicted octanol–water partition coefficient (Wildman–Crippen LogP) is 11.2. The first-order valence-corrected chi connectivity index (χ1v) is 26.5. The summed E-state index contributed by atoms with van der Waals surface area (Å²) >= 11 is 0. The van der Waals surface area contributed by atoms with Crippen molar-refractivity contribution in [3.05, 3.63) is 161 Å². The second-order valence-electron chi connectivity index (χ2n) is 18.4. The molecule has 0 bridgehead atoms. The number of amides is 1. The Bertz CT molecular complexity index is 2730. The van der Waals surface area contributed by atoms with Gasteiger partial charge in [0, 0.05) is 61.6 Å². The van der Waals surface area contributed by atoms with Crippen LogP contribution < -0.4 is 0 Å². The average Bonchev–Trinajstić information content (AvgIpc) is 3.94. The van der Waals surface area contributed by atoms with Gasteiger partial charge in [-0.25, -0.2) is 14.7 Å². The smallest absolute Gasteiger partial charge is 0.271 e. The van der Waals surface area contributed by atoms with Crippen LogP contribution in [0.25, 0.3) is 22.2 Å². The van der Waals surface area contributed by atoms with E-state index in [2.05, 4.69) is 73.4 Å². The number of fused-ring (bicyclic) bond motifs is 2. The van der Waals surface area contributed by atoms with Gasteiger partial charge in [0.05, 0.1) is 46.9 Å². The lowest BCUT2D eigenvalue weighted by atomic mass is 9.90. The number of carbonyl (C=O) groups excluding carboxylic acids is 1. The van der Waals surface area contributed by atoms with Gasteiger partial charge in [-0.2, -0.15) is 5.10 Å². The fraction of sp³-hybridized carbons (Fsp3) is 0.346. The van der Waals surface area contributed by atoms with Crippen molar-refractivity contribution in [3.63, 3.8) is 0 Å². The van der Waals surface area contributed by atoms with Gasteiger partial charge in [-0.3, -0.25) is 14.8 Å². The molecule has 7 aromatic rings. The van der Waals surface area contributed by atoms with Gasteiger partial charge in [0.1, 0.15) is 18.7 Å². The molecule has 2 unspecified atom stereocenters. The number of carbonyl (C=O) groups is 1. The summed E-state index contributed by atoms with van der Waals surface area (Å²) in [5.41, 5.74) is 11.5. The lowest BCUT2D eigenvalue weighted by molar-refractivity contribution is -0.0394. The van der Waals surface area contributed by atoms with Crippen LogP contribution in [0.1, 0.15) is 94.2 Å². The van der Waals surface area contributed by atoms with Crippen molar-refractivity contribution in [1.82, 2.24) is 34.2 Å². The highest BCUT2D eigenvalue weighted by molar-refractivity contribution is 6.76. The summed E-state index contributed by atoms with van der Waals surface area (Å²) < 4.78 is 16.4. The van der Waals surface area contributed by atoms with Gasteiger partial charge in [0.15, 0.2) is 5.82 Å². The maximum Gasteiger partial charge on any atom is 0.271 e. The molecule has 1 fully saturated rings. The summed E-state index contributed by atoms with van der Waals surface area (Å²) in [5, 5.41) is 4.67. The van der Waals surface area contributed by atoms with Crippen molar-refractivity contribution < 1.29 is 14.3 Å². The van der Waals surface area contributed by atoms with Crippen LogP contribution in [-0.4, -0.2) is 67.1 Å². The zero-order valence-corrected chi connectivity index (χ0v) is 38.7. The fourth-order valence-electron chi connectivity index (χ4n) is 8.93. The Morgan fingerprint density at radius 3 is 2.41 bits per heavy atom. The van der Waals surface area contributed by atoms with E-state index in [1.807, 2.05) is 95.0 Å². The Morgan fingerprint density at radius 2 is 1.69 bits per heavy atom. The molecule has 2 aromatic carbocycles. The highest BCUT2D eigenvalue weighted by atomic mass is 28.3. The molecule has 5 aromatic heterocycles. The Morgan fingerprint density at radius 1 is 0.906 bits per heavy atom. The number of aromatic nitrogens is 6. The van der Waals surface area contributed by atoms with Crippen LogP contribution in [0.15, 0.2) is 121 Å². The first-order valence-electron chi connectivity index (χ1n) is 22.8. The lowest BCUT2D eigenvalue weighted by Crippen LogP contribution is -2.38. The highest BCUT2D eigenvalue weighted by Crippen LogP contribution is 2.37. The van der Waals surface area contributed by atoms with Gasteiger partial charge < -0.3 is 18.9 Å². The predicted molar refractivity (Wildman–Crippen MR) is 256 cm³/mol. The Balaban J connectivity index is 1.11. The minimum Gasteiger partial charge on any atom is -0.361 e. The Labute approximate surface area is 377 Å². The molecule has 1 aliphatic heterocycles. The maximum absolute atomic E-state index is 15.6. The molecule has 0 N–H and O–H groups in total. The molecule has 0 saturated carbocycles. The summed E-state index contributed by atoms with van der Waals surface area (Å²) in [6, 6.07) is 33.5. The molecule has 328 valence electrons. The van der Waals surface area contributed by atoms with Crippen LogP contribution in [0.2, 0.25) is 25.7 Å². The summed E-state index contributed by atoms with van der Waals surface area (Å²) in [5.74, 6) is 0.481. The molecule has 9 rings (SSSR count). The van der Waals surface area contributed by atoms with Crippen LogP contribution >= 0.6 is 0 Å². The van der Waals surface area contributed by atoms with Crippen molar-refractivity contribution in [2.45, 2.75) is 104 Å². The van der Waals surface area contributed by atoms with Crippen LogP contribution in [0.5, 0.6) is 0 Å². The van der Waals surface area contributed by atoms with Crippen molar-refractivity contribution in [3.8, 4) is 11.1 Å². The molecule has 6 heterocycles. The van der Waals surface area contributed by atoms with Gasteiger partial charge in [0.25, 0.3) is 5.91 Å². The summed E-state index contributed by atoms with van der Waals surface area (Å²) in [6.45, 7) is 13.0. The summed E-state index contributed by atoms with van der Waals surface area (Å²) in [4.78, 5) is 38.1. The third-order valence-electron chi connectivity index (χ3n) is 12.4. The van der Waals surface area contributed by atoms with Crippen LogP contribution in [0, 0.1) is 13.8 Å². The number of benzene rings is 2. The topological polar surface area (TPSA) is 113 Å². The van der Waals surface area contributed by atoms with E-state index in [4.69, 9.17) is 29.4 Å². The number of hydrogen-bond acceptors (Lipinski definition) is 8. The molecule has 1 amide bonds. The number of aryl methyl sites for hydroxylation is 3. The van der Waals surface area contributed by atoms with Gasteiger partial charge in [0.2, 0.25) is 0 Å². The zero-order valence-electron chi connectivity index (χ0n) is 37.7. The van der Waals surface area contributed by atoms with Crippen molar-refractivity contribution in [1.29, 1.82) is 0 Å². The third kappa shape index (κ3) is 9.55. The van der Waals surface area contributed by atoms with E-state index in [1.165, 1.54) is 5.56 Å². The molecule has 12 heteroatoms. The largest absolute Gasteiger partial charge is 0.361 e. The number of rotatable bonds is 14. The number of ether oxygens (including phenoxy) is 2. The molecule has 0 spiro atoms. The van der Waals surface area contributed by atoms with Gasteiger partial charge in [-0.15, -0.1) is 0 Å². The first kappa shape index (κ1) is 43.2. The monoisotopic (exact) mass is 870 g/mol. The number of aliphatic imine (C=N–C) groups is 1. The number of nitrogens with zero attached hydrogens (tertiary/aromatic N) is 8. The molecule has 2 aliphatic rings. The van der Waals surface area contributed by atoms with Gasteiger partial charge in [-0.1, -0.05) is 92.4 Å². The van der Waals surface area contributed by atoms with E-state index in [0.29, 0.717) is 30.2 Å². The SMILES string of the molecule is Cc1cc2c(cc(C(=O)N(Cc3ccc(-c4cnn(C5CCCCO5)c4)c(C)n3)C3CCCc4cccnc43)n2COCC[Si](C)(C)C)nc1N=C(c1ccccc1)c1ccccc1. The fourth-order valence-corrected chi connectivity index (χ4v) is 9.68. The van der Waals surface area contributed by atoms with Crippen molar-refractivity contribution in [2.75, 3.05) is 13.2 Å². The summed E-state index contributed by atoms with van der Waals surface area (Å²) in [7, 11) is -1.37. The molecule has 1 aliphatic carbocycles. The second-order valence-corrected chi connectivity index (χ2v) is 24.0. The van der Waals surface area contributed by atoms with E-state index in [0.717, 1.165) is 107 Å². The van der Waals surface area contributed by atoms with Gasteiger partial charge in [-0.05, 0) is 93.8 Å². The molecule has 2 atom stereocenters. The molecule has 1 saturated heterocycles. The van der Waals surface area contributed by atoms with E-state index >= 15 is 4.79 Å². The third-order valence-corrected chi connectivity index (χ3v) is 14.1. The molecule has 64 heavy (non-hydrogen) atoms. The van der Waals surface area contributed by atoms with Gasteiger partial charge >= 0.3 is 0 Å². The Hall–Kier alpha value is -6.08. The summed E-state index contributed by atoms with van der Waals surface area (Å²) in [6.07, 6.45) is 11.6. The lowest BCUT2D eigenvalue weighted by Gasteiger charge is -2.35. The van der Waals surface area contributed by atoms with Crippen molar-refractivity contribution >= 4 is 36.5 Å². The highest BCUT2D eigenvalue weighted by Gasteiger charge is 2.34. The number of hydrogen-bond donors (Lipinski definition) is 0. The van der Waals surface area contributed by atoms with Crippen LogP contribution in [-0.2, 0) is 29.2 Å². The molecular weight excluding hydrogens is 813 g/mol. The van der Waals surface area contributed by atoms with E-state index in [1.54, 1.807) is 0 Å². The normalized spacial score (nSPS) is 16.4. The van der Waals surface area contributed by atoms with Crippen LogP contribution in [0.4, 0.5) is 5.82 Å². The van der Waals surface area contributed by atoms with E-state index < -0.39 is 8.07 Å². The molecule has 11 nitrogen and oxygen atoms in total. The second kappa shape index (κ2) is 18.9. The van der Waals surface area contributed by atoms with E-state index in [9.17, 15) is 0 Å². The number of pyridine rings is 3. The van der Waals surface area contributed by atoms with E-state index in [-0.39, 0.29) is 24.9 Å². The minimum absolute atomic E-state index is 0.0394. The van der Waals surface area contributed by atoms with Crippen molar-refractivity contribution in [2.24, 2.45) is 4.99 Å². The molecule has 0 radical (unpaired) electrons. The minimum atomic E-state index is -1.37. The zero-order chi connectivity index (χ0) is 44.2. The average molecular weight is 871 g/mol. The quantitative estimate of drug-likeness (QED) is 0.0607. The van der Waals surface area contributed by atoms with Crippen LogP contribution in [0.3, 0.4) is 0 Å². The molecular formula is C52H58N8O3Si. The Kier molecular flexibility index (Phi) is 12.8. The first-order chi connectivity index (χ1) is 31.1. The standard InChI is InChI=1S/C52H58N8O3Si/c1-36-30-46-44(56-51(36)57-49(38-16-8-6-9-17-38)39-18-10-7-11-19-39)31-47(59(46)35-62-28-29-64(3,4)5)52(61)58(45-22-14-20-40-21-15-26-53-50(40)45)34-42-24-25-43(37(2)55-42)41-32-54-60(33-41)48-23-12-13-27-63-48/h6-11,15-19,21,24-26,30-33,45,48H,12-14,20,22-23,27-29,34-35H2,1-5H3.